The first kappa shape index (κ1) is 44.6. The van der Waals surface area contributed by atoms with Crippen molar-refractivity contribution in [3.05, 3.63) is 81.6 Å². The van der Waals surface area contributed by atoms with Crippen molar-refractivity contribution in [1.29, 1.82) is 0 Å². The van der Waals surface area contributed by atoms with Gasteiger partial charge in [0.2, 0.25) is 0 Å². The molecular weight excluding hydrogens is 831 g/mol. The molecule has 9 rings (SSSR count). The minimum atomic E-state index is -2.06. The van der Waals surface area contributed by atoms with Crippen LogP contribution in [0.2, 0.25) is 5.02 Å². The number of allylic oxidation sites excluding steroid dienone is 2. The molecule has 2 aromatic rings. The van der Waals surface area contributed by atoms with Gasteiger partial charge in [-0.2, -0.15) is 0 Å². The van der Waals surface area contributed by atoms with E-state index < -0.39 is 12.8 Å². The van der Waals surface area contributed by atoms with Crippen LogP contribution in [0.25, 0.3) is 0 Å². The molecule has 2 N–H and O–H groups in total. The topological polar surface area (TPSA) is 128 Å². The average molecular weight is 900 g/mol. The van der Waals surface area contributed by atoms with E-state index in [2.05, 4.69) is 38.3 Å². The van der Waals surface area contributed by atoms with Crippen LogP contribution in [0, 0.1) is 52.3 Å². The van der Waals surface area contributed by atoms with Crippen LogP contribution in [0.5, 0.6) is 0 Å². The van der Waals surface area contributed by atoms with Gasteiger partial charge in [-0.15, -0.1) is 0 Å². The van der Waals surface area contributed by atoms with Crippen molar-refractivity contribution >= 4 is 48.4 Å². The zero-order chi connectivity index (χ0) is 44.9. The summed E-state index contributed by atoms with van der Waals surface area (Å²) < 4.78 is 12.1. The zero-order valence-corrected chi connectivity index (χ0v) is 40.1. The maximum absolute atomic E-state index is 14.3. The Hall–Kier alpha value is -3.55. The summed E-state index contributed by atoms with van der Waals surface area (Å²) in [6, 6.07) is 16.3. The van der Waals surface area contributed by atoms with Crippen molar-refractivity contribution in [3.63, 3.8) is 0 Å². The number of fused-ring (bicyclic) bond motifs is 3. The number of carbonyl (C=O) groups is 5. The Kier molecular flexibility index (Phi) is 11.4. The van der Waals surface area contributed by atoms with Crippen LogP contribution >= 0.6 is 18.9 Å². The number of benzene rings is 2. The predicted octanol–water partition coefficient (Wildman–Crippen LogP) is 9.68. The Balaban J connectivity index is 0.858. The van der Waals surface area contributed by atoms with Gasteiger partial charge in [-0.1, -0.05) is 41.9 Å². The second-order valence-electron chi connectivity index (χ2n) is 22.0. The molecule has 340 valence electrons. The first-order valence-corrected chi connectivity index (χ1v) is 26.6. The van der Waals surface area contributed by atoms with Crippen molar-refractivity contribution < 1.29 is 33.4 Å². The van der Waals surface area contributed by atoms with Crippen LogP contribution in [-0.2, 0) is 35.3 Å². The van der Waals surface area contributed by atoms with Crippen LogP contribution in [0.15, 0.2) is 65.5 Å². The molecule has 11 unspecified atom stereocenters. The van der Waals surface area contributed by atoms with Crippen LogP contribution < -0.4 is 10.6 Å². The molecule has 3 saturated heterocycles. The Morgan fingerprint density at radius 3 is 2.32 bits per heavy atom. The van der Waals surface area contributed by atoms with Gasteiger partial charge in [0.15, 0.2) is 0 Å². The molecule has 0 aromatic heterocycles. The van der Waals surface area contributed by atoms with E-state index >= 15 is 0 Å². The second-order valence-corrected chi connectivity index (χ2v) is 27.0. The van der Waals surface area contributed by atoms with Gasteiger partial charge in [0.25, 0.3) is 0 Å². The molecule has 0 radical (unpaired) electrons. The van der Waals surface area contributed by atoms with E-state index in [1.807, 2.05) is 37.3 Å². The van der Waals surface area contributed by atoms with Gasteiger partial charge in [0.1, 0.15) is 6.61 Å². The summed E-state index contributed by atoms with van der Waals surface area (Å²) in [5.41, 5.74) is 2.08. The first-order valence-electron chi connectivity index (χ1n) is 24.0. The van der Waals surface area contributed by atoms with Gasteiger partial charge in [0, 0.05) is 5.02 Å². The zero-order valence-electron chi connectivity index (χ0n) is 38.3. The minimum absolute atomic E-state index is 0.103. The molecule has 2 amide bonds. The van der Waals surface area contributed by atoms with Crippen LogP contribution in [0.3, 0.4) is 0 Å². The van der Waals surface area contributed by atoms with Crippen LogP contribution in [-0.4, -0.2) is 64.7 Å². The Morgan fingerprint density at radius 1 is 0.905 bits per heavy atom. The molecule has 2 spiro atoms. The molecular formula is C52H68ClN2O7P. The van der Waals surface area contributed by atoms with Gasteiger partial charge in [-0.3, -0.25) is 4.79 Å². The summed E-state index contributed by atoms with van der Waals surface area (Å²) in [6.07, 6.45) is 10.6. The number of esters is 2. The molecule has 3 saturated carbocycles. The first-order chi connectivity index (χ1) is 29.9. The fraction of sp³-hybridized carbons (Fsp3) is 0.635. The van der Waals surface area contributed by atoms with Gasteiger partial charge < -0.3 is 4.74 Å². The third-order valence-corrected chi connectivity index (χ3v) is 25.8. The van der Waals surface area contributed by atoms with E-state index in [-0.39, 0.29) is 76.9 Å². The number of Topliss-reactive ketones (excluding diaryl/α,β-unsaturated/α-hetero) is 1. The second kappa shape index (κ2) is 16.1. The summed E-state index contributed by atoms with van der Waals surface area (Å²) in [7, 11) is -2.06. The molecule has 6 fully saturated rings. The van der Waals surface area contributed by atoms with E-state index in [1.165, 1.54) is 25.4 Å². The summed E-state index contributed by atoms with van der Waals surface area (Å²) >= 11 is 6.03. The predicted molar refractivity (Wildman–Crippen MR) is 248 cm³/mol. The number of nitrogens with one attached hydrogen (secondary N) is 2. The fourth-order valence-electron chi connectivity index (χ4n) is 15.5. The summed E-state index contributed by atoms with van der Waals surface area (Å²) in [6.45, 7) is 15.5. The SMILES string of the molecule is CC(C)C1=C2C(CCNC(=O)C(C)(C)NC(=O)c3ccc(Cl)cc3)(CCC3C45CCC6C(C)C(OC(=O)C7CC(C(=O)OCc8ccccc8)C7C)CCC6(C)C4CC[PH]235)CC1=O. The summed E-state index contributed by atoms with van der Waals surface area (Å²) in [5, 5.41) is 8.57. The third-order valence-electron chi connectivity index (χ3n) is 18.5. The molecule has 11 heteroatoms. The molecule has 7 aliphatic rings. The van der Waals surface area contributed by atoms with Gasteiger partial charge >= 0.3 is 312 Å². The number of halogens is 1. The molecule has 4 aliphatic carbocycles. The summed E-state index contributed by atoms with van der Waals surface area (Å²) in [4.78, 5) is 67.6. The van der Waals surface area contributed by atoms with Crippen molar-refractivity contribution in [2.45, 2.75) is 142 Å². The summed E-state index contributed by atoms with van der Waals surface area (Å²) in [5.74, 6) is 0.249. The molecule has 9 nitrogen and oxygen atoms in total. The molecule has 0 bridgehead atoms. The molecule has 63 heavy (non-hydrogen) atoms. The molecule has 3 aliphatic heterocycles. The standard InChI is InChI=1S/C52H68ClN2O7P/c1-30(2)43-39(56)28-51(24-25-54-48(60)49(5,6)55-45(57)34-13-15-35(53)16-14-34)22-19-42-52-23-17-38-32(4)40(18-21-50(38,7)41(52)20-26-63(42,52)44(43)51)62-47(59)37-27-36(31(37)3)46(58)61-29-33-11-9-8-10-12-33/h8-16,30-32,36-38,40-42,63H,17-29H2,1-7H3,(H,54,60)(H,55,57). The molecule has 3 heterocycles. The third kappa shape index (κ3) is 6.97. The number of ketones is 1. The van der Waals surface area contributed by atoms with E-state index in [4.69, 9.17) is 21.1 Å². The number of hydrogen-bond donors (Lipinski definition) is 2. The van der Waals surface area contributed by atoms with Crippen LogP contribution in [0.4, 0.5) is 0 Å². The van der Waals surface area contributed by atoms with Crippen molar-refractivity contribution in [2.24, 2.45) is 52.3 Å². The number of hydrogen-bond acceptors (Lipinski definition) is 7. The van der Waals surface area contributed by atoms with Gasteiger partial charge in [-0.25, -0.2) is 0 Å². The quantitative estimate of drug-likeness (QED) is 0.161. The maximum atomic E-state index is 14.3. The van der Waals surface area contributed by atoms with Crippen molar-refractivity contribution in [2.75, 3.05) is 12.7 Å². The number of amides is 2. The molecule has 2 aromatic carbocycles. The van der Waals surface area contributed by atoms with E-state index in [0.29, 0.717) is 52.7 Å². The number of rotatable bonds is 12. The van der Waals surface area contributed by atoms with Crippen molar-refractivity contribution in [3.8, 4) is 0 Å². The number of carbonyl (C=O) groups excluding carboxylic acids is 5. The van der Waals surface area contributed by atoms with Gasteiger partial charge in [-0.05, 0) is 5.56 Å². The average Bonchev–Trinajstić information content (AvgIpc) is 3.43. The van der Waals surface area contributed by atoms with Crippen molar-refractivity contribution in [1.82, 2.24) is 10.6 Å². The van der Waals surface area contributed by atoms with Gasteiger partial charge in [0.05, 0.1) is 0 Å². The van der Waals surface area contributed by atoms with E-state index in [1.54, 1.807) is 43.4 Å². The monoisotopic (exact) mass is 898 g/mol. The molecule has 11 atom stereocenters. The Bertz CT molecular complexity index is 2230. The Morgan fingerprint density at radius 2 is 1.62 bits per heavy atom. The van der Waals surface area contributed by atoms with Crippen LogP contribution in [0.1, 0.15) is 129 Å². The fourth-order valence-corrected chi connectivity index (χ4v) is 25.2. The number of ether oxygens (including phenoxy) is 2. The Labute approximate surface area is 379 Å². The van der Waals surface area contributed by atoms with E-state index in [9.17, 15) is 24.0 Å². The normalized spacial score (nSPS) is 36.4. The van der Waals surface area contributed by atoms with E-state index in [0.717, 1.165) is 48.9 Å².